The van der Waals surface area contributed by atoms with E-state index in [-0.39, 0.29) is 5.56 Å². The minimum absolute atomic E-state index is 0.111. The molecule has 2 heterocycles. The van der Waals surface area contributed by atoms with Crippen LogP contribution in [0.5, 0.6) is 0 Å². The van der Waals surface area contributed by atoms with E-state index in [2.05, 4.69) is 5.10 Å². The van der Waals surface area contributed by atoms with Crippen molar-refractivity contribution in [1.82, 2.24) is 14.6 Å². The van der Waals surface area contributed by atoms with E-state index in [0.29, 0.717) is 12.1 Å². The van der Waals surface area contributed by atoms with Crippen molar-refractivity contribution in [3.05, 3.63) is 119 Å². The molecular weight excluding hydrogens is 358 g/mol. The van der Waals surface area contributed by atoms with Gasteiger partial charge in [-0.1, -0.05) is 91.0 Å². The summed E-state index contributed by atoms with van der Waals surface area (Å²) >= 11 is 0. The highest BCUT2D eigenvalue weighted by atomic mass is 16.1. The smallest absolute Gasteiger partial charge is 0.272 e. The maximum Gasteiger partial charge on any atom is 0.272 e. The van der Waals surface area contributed by atoms with Gasteiger partial charge in [0.1, 0.15) is 0 Å². The summed E-state index contributed by atoms with van der Waals surface area (Å²) in [7, 11) is 0. The van der Waals surface area contributed by atoms with Gasteiger partial charge >= 0.3 is 0 Å². The average Bonchev–Trinajstić information content (AvgIpc) is 3.16. The normalized spacial score (nSPS) is 11.0. The van der Waals surface area contributed by atoms with E-state index in [4.69, 9.17) is 4.98 Å². The SMILES string of the molecule is O=c1cc(Cc2ccccc2)nc2c(-c3ccccc3)c(-c3ccccc3)[nH]n12. The lowest BCUT2D eigenvalue weighted by atomic mass is 10.0. The number of aromatic amines is 1. The predicted molar refractivity (Wildman–Crippen MR) is 116 cm³/mol. The summed E-state index contributed by atoms with van der Waals surface area (Å²) in [6, 6.07) is 31.8. The van der Waals surface area contributed by atoms with Crippen LogP contribution in [0.3, 0.4) is 0 Å². The molecule has 4 heteroatoms. The van der Waals surface area contributed by atoms with Gasteiger partial charge in [-0.2, -0.15) is 0 Å². The van der Waals surface area contributed by atoms with Crippen molar-refractivity contribution in [1.29, 1.82) is 0 Å². The summed E-state index contributed by atoms with van der Waals surface area (Å²) in [6.45, 7) is 0. The number of hydrogen-bond donors (Lipinski definition) is 1. The zero-order chi connectivity index (χ0) is 19.6. The first-order chi connectivity index (χ1) is 14.3. The summed E-state index contributed by atoms with van der Waals surface area (Å²) in [4.78, 5) is 17.8. The Morgan fingerprint density at radius 1 is 0.759 bits per heavy atom. The Morgan fingerprint density at radius 3 is 2.00 bits per heavy atom. The number of fused-ring (bicyclic) bond motifs is 1. The molecule has 5 aromatic rings. The summed E-state index contributed by atoms with van der Waals surface area (Å²) in [5.74, 6) is 0. The Labute approximate surface area is 168 Å². The maximum absolute atomic E-state index is 12.9. The second-order valence-electron chi connectivity index (χ2n) is 7.00. The standard InChI is InChI=1S/C25H19N3O/c29-22-17-21(16-18-10-4-1-5-11-18)26-25-23(19-12-6-2-7-13-19)24(27-28(22)25)20-14-8-3-9-15-20/h1-15,17,27H,16H2. The van der Waals surface area contributed by atoms with Crippen LogP contribution in [0.25, 0.3) is 28.0 Å². The summed E-state index contributed by atoms with van der Waals surface area (Å²) in [5.41, 5.74) is 6.28. The topological polar surface area (TPSA) is 50.2 Å². The molecule has 0 saturated carbocycles. The zero-order valence-electron chi connectivity index (χ0n) is 15.7. The van der Waals surface area contributed by atoms with Gasteiger partial charge in [0, 0.05) is 18.1 Å². The van der Waals surface area contributed by atoms with Gasteiger partial charge in [0.25, 0.3) is 5.56 Å². The van der Waals surface area contributed by atoms with Gasteiger partial charge in [-0.05, 0) is 11.1 Å². The third-order valence-corrected chi connectivity index (χ3v) is 5.02. The third-order valence-electron chi connectivity index (χ3n) is 5.02. The molecule has 0 aliphatic rings. The summed E-state index contributed by atoms with van der Waals surface area (Å²) < 4.78 is 1.54. The van der Waals surface area contributed by atoms with Gasteiger partial charge in [-0.25, -0.2) is 9.50 Å². The van der Waals surface area contributed by atoms with Crippen LogP contribution in [0, 0.1) is 0 Å². The van der Waals surface area contributed by atoms with Crippen LogP contribution < -0.4 is 5.56 Å². The van der Waals surface area contributed by atoms with E-state index >= 15 is 0 Å². The number of hydrogen-bond acceptors (Lipinski definition) is 2. The van der Waals surface area contributed by atoms with Crippen LogP contribution in [0.2, 0.25) is 0 Å². The van der Waals surface area contributed by atoms with Crippen molar-refractivity contribution in [2.75, 3.05) is 0 Å². The number of H-pyrrole nitrogens is 1. The van der Waals surface area contributed by atoms with Crippen LogP contribution in [-0.2, 0) is 6.42 Å². The van der Waals surface area contributed by atoms with E-state index < -0.39 is 0 Å². The lowest BCUT2D eigenvalue weighted by molar-refractivity contribution is 0.884. The van der Waals surface area contributed by atoms with Crippen molar-refractivity contribution >= 4 is 5.65 Å². The molecule has 0 unspecified atom stereocenters. The first-order valence-corrected chi connectivity index (χ1v) is 9.59. The molecule has 4 nitrogen and oxygen atoms in total. The van der Waals surface area contributed by atoms with E-state index in [1.807, 2.05) is 91.0 Å². The van der Waals surface area contributed by atoms with Gasteiger partial charge < -0.3 is 0 Å². The highest BCUT2D eigenvalue weighted by molar-refractivity contribution is 5.90. The summed E-state index contributed by atoms with van der Waals surface area (Å²) in [6.07, 6.45) is 0.618. The molecule has 3 aromatic carbocycles. The van der Waals surface area contributed by atoms with Gasteiger partial charge in [-0.15, -0.1) is 0 Å². The number of rotatable bonds is 4. The Kier molecular flexibility index (Phi) is 4.30. The lowest BCUT2D eigenvalue weighted by Crippen LogP contribution is -2.15. The molecule has 0 saturated heterocycles. The van der Waals surface area contributed by atoms with Crippen molar-refractivity contribution < 1.29 is 0 Å². The van der Waals surface area contributed by atoms with Gasteiger partial charge in [0.05, 0.1) is 17.0 Å². The van der Waals surface area contributed by atoms with E-state index in [9.17, 15) is 4.79 Å². The van der Waals surface area contributed by atoms with E-state index in [1.165, 1.54) is 0 Å². The molecule has 1 N–H and O–H groups in total. The Hall–Kier alpha value is -3.92. The van der Waals surface area contributed by atoms with Gasteiger partial charge in [0.2, 0.25) is 0 Å². The van der Waals surface area contributed by atoms with E-state index in [0.717, 1.165) is 33.6 Å². The first kappa shape index (κ1) is 17.2. The quantitative estimate of drug-likeness (QED) is 0.482. The van der Waals surface area contributed by atoms with Gasteiger partial charge in [0.15, 0.2) is 5.65 Å². The van der Waals surface area contributed by atoms with Crippen LogP contribution >= 0.6 is 0 Å². The molecule has 2 aromatic heterocycles. The molecule has 5 rings (SSSR count). The van der Waals surface area contributed by atoms with E-state index in [1.54, 1.807) is 10.6 Å². The Balaban J connectivity index is 1.76. The van der Waals surface area contributed by atoms with Gasteiger partial charge in [-0.3, -0.25) is 9.89 Å². The molecule has 0 bridgehead atoms. The molecule has 0 aliphatic carbocycles. The number of benzene rings is 3. The maximum atomic E-state index is 12.9. The monoisotopic (exact) mass is 377 g/mol. The minimum atomic E-state index is -0.111. The molecule has 0 fully saturated rings. The Morgan fingerprint density at radius 2 is 1.34 bits per heavy atom. The fourth-order valence-electron chi connectivity index (χ4n) is 3.67. The summed E-state index contributed by atoms with van der Waals surface area (Å²) in [5, 5.41) is 3.28. The van der Waals surface area contributed by atoms with Crippen molar-refractivity contribution in [3.8, 4) is 22.4 Å². The number of aromatic nitrogens is 3. The number of nitrogens with one attached hydrogen (secondary N) is 1. The van der Waals surface area contributed by atoms with Crippen molar-refractivity contribution in [2.24, 2.45) is 0 Å². The second-order valence-corrected chi connectivity index (χ2v) is 7.00. The molecule has 0 radical (unpaired) electrons. The Bertz CT molecular complexity index is 1320. The molecule has 0 amide bonds. The van der Waals surface area contributed by atoms with Crippen LogP contribution in [-0.4, -0.2) is 14.6 Å². The van der Waals surface area contributed by atoms with Crippen LogP contribution in [0.4, 0.5) is 0 Å². The largest absolute Gasteiger partial charge is 0.288 e. The van der Waals surface area contributed by atoms with Crippen LogP contribution in [0.15, 0.2) is 102 Å². The predicted octanol–water partition coefficient (Wildman–Crippen LogP) is 4.95. The minimum Gasteiger partial charge on any atom is -0.288 e. The zero-order valence-corrected chi connectivity index (χ0v) is 15.7. The average molecular weight is 377 g/mol. The highest BCUT2D eigenvalue weighted by Gasteiger charge is 2.18. The number of nitrogens with zero attached hydrogens (tertiary/aromatic N) is 2. The molecule has 0 aliphatic heterocycles. The highest BCUT2D eigenvalue weighted by Crippen LogP contribution is 2.33. The fourth-order valence-corrected chi connectivity index (χ4v) is 3.67. The van der Waals surface area contributed by atoms with Crippen LogP contribution in [0.1, 0.15) is 11.3 Å². The molecule has 0 atom stereocenters. The fraction of sp³-hybridized carbons (Fsp3) is 0.0400. The molecule has 0 spiro atoms. The lowest BCUT2D eigenvalue weighted by Gasteiger charge is -2.05. The second kappa shape index (κ2) is 7.24. The molecule has 29 heavy (non-hydrogen) atoms. The van der Waals surface area contributed by atoms with Crippen molar-refractivity contribution in [2.45, 2.75) is 6.42 Å². The molecular formula is C25H19N3O. The third kappa shape index (κ3) is 3.25. The first-order valence-electron chi connectivity index (χ1n) is 9.59. The molecule has 140 valence electrons. The van der Waals surface area contributed by atoms with Crippen molar-refractivity contribution in [3.63, 3.8) is 0 Å².